The normalized spacial score (nSPS) is 21.7. The summed E-state index contributed by atoms with van der Waals surface area (Å²) in [5.41, 5.74) is 3.49. The molecule has 0 aromatic heterocycles. The van der Waals surface area contributed by atoms with Gasteiger partial charge in [0, 0.05) is 41.3 Å². The van der Waals surface area contributed by atoms with E-state index in [-0.39, 0.29) is 27.3 Å². The van der Waals surface area contributed by atoms with Gasteiger partial charge in [-0.15, -0.1) is 4.83 Å². The molecule has 6 nitrogen and oxygen atoms in total. The maximum atomic E-state index is 13.8. The number of nitrogens with one attached hydrogen (secondary N) is 1. The third kappa shape index (κ3) is 4.71. The Bertz CT molecular complexity index is 1390. The topological polar surface area (TPSA) is 83.6 Å². The number of rotatable bonds is 4. The Morgan fingerprint density at radius 3 is 1.73 bits per heavy atom. The lowest BCUT2D eigenvalue weighted by Crippen LogP contribution is -2.50. The summed E-state index contributed by atoms with van der Waals surface area (Å²) >= 11 is 0. The molecule has 2 aromatic carbocycles. The quantitative estimate of drug-likeness (QED) is 0.572. The Hall–Kier alpha value is -3.03. The van der Waals surface area contributed by atoms with Crippen LogP contribution in [0.1, 0.15) is 70.4 Å². The minimum absolute atomic E-state index is 0.0381. The third-order valence-corrected chi connectivity index (χ3v) is 8.90. The van der Waals surface area contributed by atoms with E-state index in [4.69, 9.17) is 0 Å². The number of aryl methyl sites for hydroxylation is 1. The maximum Gasteiger partial charge on any atom is 0.257 e. The molecular formula is C30H34N2O4S. The Labute approximate surface area is 219 Å². The van der Waals surface area contributed by atoms with Crippen molar-refractivity contribution in [3.63, 3.8) is 0 Å². The van der Waals surface area contributed by atoms with Crippen molar-refractivity contribution in [3.05, 3.63) is 88.3 Å². The fourth-order valence-corrected chi connectivity index (χ4v) is 7.00. The minimum Gasteiger partial charge on any atom is -0.294 e. The van der Waals surface area contributed by atoms with E-state index >= 15 is 0 Å². The molecule has 0 atom stereocenters. The highest BCUT2D eigenvalue weighted by molar-refractivity contribution is 7.89. The Morgan fingerprint density at radius 2 is 1.24 bits per heavy atom. The number of allylic oxidation sites excluding steroid dienone is 4. The summed E-state index contributed by atoms with van der Waals surface area (Å²) in [6, 6.07) is 16.3. The molecule has 0 bridgehead atoms. The fourth-order valence-electron chi connectivity index (χ4n) is 5.94. The molecule has 0 amide bonds. The molecule has 7 heteroatoms. The number of hydrogen-bond acceptors (Lipinski definition) is 5. The molecule has 0 unspecified atom stereocenters. The van der Waals surface area contributed by atoms with E-state index in [2.05, 4.69) is 4.83 Å². The van der Waals surface area contributed by atoms with E-state index in [0.29, 0.717) is 48.2 Å². The van der Waals surface area contributed by atoms with Crippen molar-refractivity contribution in [1.82, 2.24) is 9.84 Å². The molecule has 0 fully saturated rings. The van der Waals surface area contributed by atoms with Crippen LogP contribution in [0.2, 0.25) is 0 Å². The van der Waals surface area contributed by atoms with Crippen molar-refractivity contribution >= 4 is 21.6 Å². The van der Waals surface area contributed by atoms with Gasteiger partial charge in [0.15, 0.2) is 11.6 Å². The number of sulfonamides is 1. The van der Waals surface area contributed by atoms with Crippen molar-refractivity contribution in [2.24, 2.45) is 10.8 Å². The molecule has 0 saturated carbocycles. The largest absolute Gasteiger partial charge is 0.294 e. The number of carbonyl (C=O) groups excluding carboxylic acids is 2. The average molecular weight is 519 g/mol. The van der Waals surface area contributed by atoms with Gasteiger partial charge in [-0.3, -0.25) is 14.6 Å². The second-order valence-corrected chi connectivity index (χ2v) is 13.9. The minimum atomic E-state index is -3.98. The maximum absolute atomic E-state index is 13.8. The Balaban J connectivity index is 1.75. The highest BCUT2D eigenvalue weighted by Crippen LogP contribution is 2.54. The van der Waals surface area contributed by atoms with Gasteiger partial charge < -0.3 is 0 Å². The van der Waals surface area contributed by atoms with Crippen LogP contribution in [0, 0.1) is 17.8 Å². The second-order valence-electron chi connectivity index (χ2n) is 12.2. The van der Waals surface area contributed by atoms with Crippen LogP contribution >= 0.6 is 0 Å². The molecular weight excluding hydrogens is 484 g/mol. The van der Waals surface area contributed by atoms with E-state index in [9.17, 15) is 18.0 Å². The summed E-state index contributed by atoms with van der Waals surface area (Å²) < 4.78 is 27.3. The van der Waals surface area contributed by atoms with Crippen LogP contribution in [0.25, 0.3) is 0 Å². The molecule has 5 rings (SSSR count). The number of carbonyl (C=O) groups is 2. The Kier molecular flexibility index (Phi) is 6.07. The Morgan fingerprint density at radius 1 is 0.757 bits per heavy atom. The van der Waals surface area contributed by atoms with Gasteiger partial charge >= 0.3 is 0 Å². The molecule has 1 heterocycles. The highest BCUT2D eigenvalue weighted by atomic mass is 32.2. The van der Waals surface area contributed by atoms with Crippen molar-refractivity contribution < 1.29 is 18.0 Å². The van der Waals surface area contributed by atoms with Crippen LogP contribution in [0.3, 0.4) is 0 Å². The number of Topliss-reactive ketones (excluding diaryl/α,β-unsaturated/α-hetero) is 2. The number of nitrogens with zero attached hydrogens (tertiary/aromatic N) is 1. The number of hydrogen-bond donors (Lipinski definition) is 1. The van der Waals surface area contributed by atoms with E-state index in [1.54, 1.807) is 29.3 Å². The van der Waals surface area contributed by atoms with Gasteiger partial charge in [0.2, 0.25) is 0 Å². The number of benzene rings is 2. The predicted octanol–water partition coefficient (Wildman–Crippen LogP) is 5.57. The molecule has 37 heavy (non-hydrogen) atoms. The highest BCUT2D eigenvalue weighted by Gasteiger charge is 2.49. The van der Waals surface area contributed by atoms with Gasteiger partial charge in [0.25, 0.3) is 10.0 Å². The zero-order valence-electron chi connectivity index (χ0n) is 22.1. The third-order valence-electron chi connectivity index (χ3n) is 7.59. The molecule has 2 aliphatic carbocycles. The smallest absolute Gasteiger partial charge is 0.257 e. The van der Waals surface area contributed by atoms with Crippen molar-refractivity contribution in [2.45, 2.75) is 71.1 Å². The summed E-state index contributed by atoms with van der Waals surface area (Å²) in [5.74, 6) is -0.578. The van der Waals surface area contributed by atoms with Gasteiger partial charge in [-0.25, -0.2) is 8.42 Å². The SMILES string of the molecule is Cc1ccc(S(=O)(=O)NN2C3=C(C(=O)CC(C)(C)C3)C(c3ccccc3)C3=C2CC(C)(C)CC3=O)cc1. The van der Waals surface area contributed by atoms with Crippen LogP contribution in [0.5, 0.6) is 0 Å². The van der Waals surface area contributed by atoms with E-state index in [1.807, 2.05) is 65.0 Å². The van der Waals surface area contributed by atoms with Gasteiger partial charge in [-0.1, -0.05) is 75.7 Å². The summed E-state index contributed by atoms with van der Waals surface area (Å²) in [6.07, 6.45) is 1.71. The van der Waals surface area contributed by atoms with Crippen molar-refractivity contribution in [2.75, 3.05) is 0 Å². The standard InChI is InChI=1S/C30H34N2O4S/c1-19-11-13-21(14-12-19)37(35,36)31-32-22-15-29(2,3)17-24(33)27(22)26(20-9-7-6-8-10-20)28-23(32)16-30(4,5)18-25(28)34/h6-14,26,31H,15-18H2,1-5H3. The molecule has 0 radical (unpaired) electrons. The fraction of sp³-hybridized carbons (Fsp3) is 0.400. The van der Waals surface area contributed by atoms with Crippen LogP contribution in [0.15, 0.2) is 82.0 Å². The molecule has 0 spiro atoms. The van der Waals surface area contributed by atoms with Gasteiger partial charge in [-0.05, 0) is 48.3 Å². The van der Waals surface area contributed by atoms with E-state index in [1.165, 1.54) is 0 Å². The first-order chi connectivity index (χ1) is 17.3. The first-order valence-electron chi connectivity index (χ1n) is 12.7. The average Bonchev–Trinajstić information content (AvgIpc) is 2.79. The first-order valence-corrected chi connectivity index (χ1v) is 14.2. The monoisotopic (exact) mass is 518 g/mol. The van der Waals surface area contributed by atoms with Crippen molar-refractivity contribution in [1.29, 1.82) is 0 Å². The number of ketones is 2. The lowest BCUT2D eigenvalue weighted by atomic mass is 9.64. The molecule has 1 N–H and O–H groups in total. The summed E-state index contributed by atoms with van der Waals surface area (Å²) in [5, 5.41) is 1.58. The molecule has 1 aliphatic heterocycles. The zero-order chi connectivity index (χ0) is 26.8. The van der Waals surface area contributed by atoms with E-state index in [0.717, 1.165) is 11.1 Å². The van der Waals surface area contributed by atoms with Gasteiger partial charge in [0.1, 0.15) is 0 Å². The molecule has 3 aliphatic rings. The second kappa shape index (κ2) is 8.77. The number of hydrazine groups is 1. The molecule has 2 aromatic rings. The predicted molar refractivity (Wildman–Crippen MR) is 143 cm³/mol. The summed E-state index contributed by atoms with van der Waals surface area (Å²) in [6.45, 7) is 10.0. The molecule has 0 saturated heterocycles. The van der Waals surface area contributed by atoms with Gasteiger partial charge in [-0.2, -0.15) is 0 Å². The van der Waals surface area contributed by atoms with Crippen molar-refractivity contribution in [3.8, 4) is 0 Å². The lowest BCUT2D eigenvalue weighted by molar-refractivity contribution is -0.119. The lowest BCUT2D eigenvalue weighted by Gasteiger charge is -2.48. The van der Waals surface area contributed by atoms with Crippen LogP contribution in [-0.4, -0.2) is 25.0 Å². The molecule has 194 valence electrons. The van der Waals surface area contributed by atoms with Crippen LogP contribution < -0.4 is 4.83 Å². The first kappa shape index (κ1) is 25.6. The summed E-state index contributed by atoms with van der Waals surface area (Å²) in [7, 11) is -3.98. The summed E-state index contributed by atoms with van der Waals surface area (Å²) in [4.78, 5) is 30.5. The van der Waals surface area contributed by atoms with E-state index < -0.39 is 15.9 Å². The zero-order valence-corrected chi connectivity index (χ0v) is 22.9. The van der Waals surface area contributed by atoms with Crippen LogP contribution in [-0.2, 0) is 19.6 Å². The van der Waals surface area contributed by atoms with Gasteiger partial charge in [0.05, 0.1) is 4.90 Å². The van der Waals surface area contributed by atoms with Crippen LogP contribution in [0.4, 0.5) is 0 Å².